The summed E-state index contributed by atoms with van der Waals surface area (Å²) < 4.78 is 10.2. The zero-order valence-corrected chi connectivity index (χ0v) is 12.3. The van der Waals surface area contributed by atoms with Crippen LogP contribution in [0.25, 0.3) is 0 Å². The number of aliphatic hydroxyl groups excluding tert-OH is 4. The van der Waals surface area contributed by atoms with Crippen LogP contribution < -0.4 is 0 Å². The molecule has 21 heavy (non-hydrogen) atoms. The highest BCUT2D eigenvalue weighted by Crippen LogP contribution is 2.23. The fourth-order valence-corrected chi connectivity index (χ4v) is 2.62. The molecule has 2 aliphatic heterocycles. The van der Waals surface area contributed by atoms with Gasteiger partial charge in [0.05, 0.1) is 6.61 Å². The Labute approximate surface area is 127 Å². The van der Waals surface area contributed by atoms with Crippen molar-refractivity contribution in [3.63, 3.8) is 0 Å². The second-order valence-electron chi connectivity index (χ2n) is 5.30. The molecule has 0 aromatic heterocycles. The predicted molar refractivity (Wildman–Crippen MR) is 73.8 cm³/mol. The maximum Gasteiger partial charge on any atom is 0.412 e. The van der Waals surface area contributed by atoms with Crippen LogP contribution in [0, 0.1) is 0 Å². The number of aliphatic hydroxyl groups is 4. The van der Waals surface area contributed by atoms with Crippen LogP contribution >= 0.6 is 12.6 Å². The number of carbonyl (C=O) groups excluding carboxylic acids is 1. The lowest BCUT2D eigenvalue weighted by molar-refractivity contribution is -0.286. The summed E-state index contributed by atoms with van der Waals surface area (Å²) in [6.07, 6.45) is -6.31. The van der Waals surface area contributed by atoms with E-state index in [9.17, 15) is 20.1 Å². The molecular weight excluding hydrogens is 302 g/mol. The second-order valence-corrected chi connectivity index (χ2v) is 6.03. The lowest BCUT2D eigenvalue weighted by Gasteiger charge is -2.40. The van der Waals surface area contributed by atoms with Gasteiger partial charge < -0.3 is 34.8 Å². The van der Waals surface area contributed by atoms with E-state index in [1.165, 1.54) is 4.90 Å². The first-order valence-corrected chi connectivity index (χ1v) is 7.39. The third-order valence-corrected chi connectivity index (χ3v) is 4.30. The van der Waals surface area contributed by atoms with Gasteiger partial charge in [-0.1, -0.05) is 0 Å². The Balaban J connectivity index is 1.93. The molecule has 0 aromatic rings. The number of nitrogens with zero attached hydrogens (tertiary/aromatic N) is 1. The SMILES string of the molecule is O=C(O[C@@H]1O[C@H](CO)C(O)C(O)[C@H]1O)N1CCC(S)CC1. The third-order valence-electron chi connectivity index (χ3n) is 3.79. The fourth-order valence-electron chi connectivity index (χ4n) is 2.39. The Morgan fingerprint density at radius 2 is 1.81 bits per heavy atom. The van der Waals surface area contributed by atoms with E-state index < -0.39 is 43.4 Å². The molecule has 5 atom stereocenters. The Bertz CT molecular complexity index is 362. The number of hydrogen-bond donors (Lipinski definition) is 5. The van der Waals surface area contributed by atoms with E-state index in [0.717, 1.165) is 12.8 Å². The summed E-state index contributed by atoms with van der Waals surface area (Å²) in [6.45, 7) is 0.416. The molecule has 122 valence electrons. The molecule has 1 amide bonds. The lowest BCUT2D eigenvalue weighted by atomic mass is 9.99. The first kappa shape index (κ1) is 16.8. The maximum absolute atomic E-state index is 12.0. The molecule has 0 aromatic carbocycles. The minimum Gasteiger partial charge on any atom is -0.416 e. The van der Waals surface area contributed by atoms with Crippen LogP contribution in [0.2, 0.25) is 0 Å². The van der Waals surface area contributed by atoms with Crippen molar-refractivity contribution in [3.8, 4) is 0 Å². The van der Waals surface area contributed by atoms with Crippen molar-refractivity contribution in [2.24, 2.45) is 0 Å². The predicted octanol–water partition coefficient (Wildman–Crippen LogP) is -1.68. The van der Waals surface area contributed by atoms with Gasteiger partial charge in [0.1, 0.15) is 24.4 Å². The number of carbonyl (C=O) groups is 1. The average molecular weight is 323 g/mol. The minimum atomic E-state index is -1.57. The summed E-state index contributed by atoms with van der Waals surface area (Å²) in [5.41, 5.74) is 0. The normalized spacial score (nSPS) is 38.3. The molecule has 0 spiro atoms. The van der Waals surface area contributed by atoms with Gasteiger partial charge in [0.25, 0.3) is 0 Å². The molecule has 8 nitrogen and oxygen atoms in total. The summed E-state index contributed by atoms with van der Waals surface area (Å²) in [5.74, 6) is 0. The molecule has 0 saturated carbocycles. The third kappa shape index (κ3) is 3.79. The molecule has 2 heterocycles. The van der Waals surface area contributed by atoms with Crippen LogP contribution in [-0.4, -0.2) is 87.1 Å². The molecule has 2 aliphatic rings. The first-order valence-electron chi connectivity index (χ1n) is 6.88. The van der Waals surface area contributed by atoms with Crippen molar-refractivity contribution in [3.05, 3.63) is 0 Å². The van der Waals surface area contributed by atoms with Crippen LogP contribution in [-0.2, 0) is 9.47 Å². The van der Waals surface area contributed by atoms with E-state index in [0.29, 0.717) is 13.1 Å². The van der Waals surface area contributed by atoms with Crippen molar-refractivity contribution in [2.75, 3.05) is 19.7 Å². The zero-order chi connectivity index (χ0) is 15.6. The van der Waals surface area contributed by atoms with Gasteiger partial charge >= 0.3 is 6.09 Å². The number of ether oxygens (including phenoxy) is 2. The van der Waals surface area contributed by atoms with Gasteiger partial charge in [0.2, 0.25) is 6.29 Å². The van der Waals surface area contributed by atoms with E-state index in [1.54, 1.807) is 0 Å². The van der Waals surface area contributed by atoms with Crippen LogP contribution in [0.15, 0.2) is 0 Å². The van der Waals surface area contributed by atoms with Gasteiger partial charge in [0, 0.05) is 18.3 Å². The summed E-state index contributed by atoms with van der Waals surface area (Å²) in [6, 6.07) is 0. The minimum absolute atomic E-state index is 0.251. The van der Waals surface area contributed by atoms with Crippen molar-refractivity contribution < 1.29 is 34.7 Å². The molecular formula is C12H21NO7S. The monoisotopic (exact) mass is 323 g/mol. The summed E-state index contributed by atoms with van der Waals surface area (Å²) in [5, 5.41) is 38.3. The standard InChI is InChI=1S/C12H21NO7S/c14-5-7-8(15)9(16)10(17)11(19-7)20-12(18)13-3-1-6(21)2-4-13/h6-11,14-17,21H,1-5H2/t7-,8?,9?,10-,11+/m1/s1. The van der Waals surface area contributed by atoms with Gasteiger partial charge in [-0.05, 0) is 12.8 Å². The molecule has 9 heteroatoms. The van der Waals surface area contributed by atoms with Gasteiger partial charge in [-0.15, -0.1) is 0 Å². The number of piperidine rings is 1. The Hall–Kier alpha value is -0.580. The molecule has 2 saturated heterocycles. The topological polar surface area (TPSA) is 120 Å². The smallest absolute Gasteiger partial charge is 0.412 e. The molecule has 2 fully saturated rings. The molecule has 4 N–H and O–H groups in total. The number of likely N-dealkylation sites (tertiary alicyclic amines) is 1. The summed E-state index contributed by atoms with van der Waals surface area (Å²) in [7, 11) is 0. The fraction of sp³-hybridized carbons (Fsp3) is 0.917. The van der Waals surface area contributed by atoms with Crippen LogP contribution in [0.5, 0.6) is 0 Å². The van der Waals surface area contributed by atoms with Gasteiger partial charge in [-0.2, -0.15) is 12.6 Å². The highest BCUT2D eigenvalue weighted by atomic mass is 32.1. The van der Waals surface area contributed by atoms with Gasteiger partial charge in [0.15, 0.2) is 0 Å². The molecule has 0 aliphatic carbocycles. The Kier molecular flexibility index (Phi) is 5.69. The second kappa shape index (κ2) is 7.12. The van der Waals surface area contributed by atoms with Crippen LogP contribution in [0.1, 0.15) is 12.8 Å². The lowest BCUT2D eigenvalue weighted by Crippen LogP contribution is -2.60. The molecule has 0 bridgehead atoms. The maximum atomic E-state index is 12.0. The van der Waals surface area contributed by atoms with Crippen molar-refractivity contribution in [2.45, 2.75) is 48.8 Å². The number of amides is 1. The molecule has 2 unspecified atom stereocenters. The molecule has 2 rings (SSSR count). The van der Waals surface area contributed by atoms with Gasteiger partial charge in [-0.25, -0.2) is 4.79 Å². The number of rotatable bonds is 2. The highest BCUT2D eigenvalue weighted by Gasteiger charge is 2.45. The van der Waals surface area contributed by atoms with Crippen molar-refractivity contribution >= 4 is 18.7 Å². The summed E-state index contributed by atoms with van der Waals surface area (Å²) in [4.78, 5) is 13.4. The van der Waals surface area contributed by atoms with Crippen LogP contribution in [0.3, 0.4) is 0 Å². The zero-order valence-electron chi connectivity index (χ0n) is 11.4. The number of thiol groups is 1. The van der Waals surface area contributed by atoms with Crippen LogP contribution in [0.4, 0.5) is 4.79 Å². The first-order chi connectivity index (χ1) is 9.93. The Morgan fingerprint density at radius 1 is 1.19 bits per heavy atom. The van der Waals surface area contributed by atoms with E-state index in [2.05, 4.69) is 12.6 Å². The molecule has 0 radical (unpaired) electrons. The quantitative estimate of drug-likeness (QED) is 0.385. The van der Waals surface area contributed by atoms with Gasteiger partial charge in [-0.3, -0.25) is 0 Å². The van der Waals surface area contributed by atoms with Crippen molar-refractivity contribution in [1.82, 2.24) is 4.90 Å². The largest absolute Gasteiger partial charge is 0.416 e. The Morgan fingerprint density at radius 3 is 2.38 bits per heavy atom. The average Bonchev–Trinajstić information content (AvgIpc) is 2.48. The van der Waals surface area contributed by atoms with E-state index in [4.69, 9.17) is 14.6 Å². The van der Waals surface area contributed by atoms with E-state index >= 15 is 0 Å². The highest BCUT2D eigenvalue weighted by molar-refractivity contribution is 7.80. The summed E-state index contributed by atoms with van der Waals surface area (Å²) >= 11 is 4.33. The van der Waals surface area contributed by atoms with Crippen molar-refractivity contribution in [1.29, 1.82) is 0 Å². The van der Waals surface area contributed by atoms with E-state index in [-0.39, 0.29) is 5.25 Å². The number of hydrogen-bond acceptors (Lipinski definition) is 8. The van der Waals surface area contributed by atoms with E-state index in [1.807, 2.05) is 0 Å².